The monoisotopic (exact) mass is 483 g/mol. The summed E-state index contributed by atoms with van der Waals surface area (Å²) in [5.41, 5.74) is 10.7. The van der Waals surface area contributed by atoms with Crippen molar-refractivity contribution in [1.29, 1.82) is 0 Å². The van der Waals surface area contributed by atoms with Crippen molar-refractivity contribution in [2.45, 2.75) is 24.9 Å². The van der Waals surface area contributed by atoms with E-state index in [1.54, 1.807) is 11.3 Å². The zero-order valence-corrected chi connectivity index (χ0v) is 20.8. The van der Waals surface area contributed by atoms with Crippen LogP contribution >= 0.6 is 11.3 Å². The van der Waals surface area contributed by atoms with Gasteiger partial charge in [-0.3, -0.25) is 0 Å². The number of likely N-dealkylation sites (N-methyl/N-ethyl adjacent to an activating group) is 1. The van der Waals surface area contributed by atoms with Crippen LogP contribution in [0.4, 0.5) is 17.5 Å². The van der Waals surface area contributed by atoms with Crippen molar-refractivity contribution in [3.05, 3.63) is 66.2 Å². The summed E-state index contributed by atoms with van der Waals surface area (Å²) in [5, 5.41) is 6.68. The van der Waals surface area contributed by atoms with Crippen LogP contribution < -0.4 is 15.6 Å². The molecule has 35 heavy (non-hydrogen) atoms. The number of nitrogens with two attached hydrogens (primary N) is 1. The van der Waals surface area contributed by atoms with Gasteiger partial charge in [0.05, 0.1) is 16.3 Å². The lowest BCUT2D eigenvalue weighted by molar-refractivity contribution is 0.315. The first-order chi connectivity index (χ1) is 17.1. The van der Waals surface area contributed by atoms with Crippen molar-refractivity contribution < 1.29 is 0 Å². The summed E-state index contributed by atoms with van der Waals surface area (Å²) < 4.78 is 1.01. The zero-order valence-electron chi connectivity index (χ0n) is 20.0. The largest absolute Gasteiger partial charge is 0.370 e. The van der Waals surface area contributed by atoms with E-state index in [0.717, 1.165) is 40.4 Å². The molecule has 2 aromatic heterocycles. The molecule has 7 nitrogen and oxygen atoms in total. The number of thiophene rings is 1. The van der Waals surface area contributed by atoms with Gasteiger partial charge in [0.25, 0.3) is 0 Å². The van der Waals surface area contributed by atoms with Crippen molar-refractivity contribution >= 4 is 45.2 Å². The van der Waals surface area contributed by atoms with Crippen LogP contribution in [0.5, 0.6) is 0 Å². The molecule has 2 aliphatic rings. The topological polar surface area (TPSA) is 73.9 Å². The van der Waals surface area contributed by atoms with Crippen molar-refractivity contribution in [1.82, 2.24) is 14.9 Å². The lowest BCUT2D eigenvalue weighted by atomic mass is 10.0. The van der Waals surface area contributed by atoms with Gasteiger partial charge >= 0.3 is 0 Å². The molecule has 2 unspecified atom stereocenters. The molecule has 0 aliphatic carbocycles. The Bertz CT molecular complexity index is 1380. The number of anilines is 3. The van der Waals surface area contributed by atoms with Gasteiger partial charge in [-0.05, 0) is 49.8 Å². The summed E-state index contributed by atoms with van der Waals surface area (Å²) in [5.74, 6) is 1.04. The van der Waals surface area contributed by atoms with Crippen LogP contribution in [0.1, 0.15) is 24.4 Å². The fraction of sp³-hybridized carbons (Fsp3) is 0.296. The summed E-state index contributed by atoms with van der Waals surface area (Å²) in [6.45, 7) is 2.14. The quantitative estimate of drug-likeness (QED) is 0.430. The molecular formula is C27H29N7S. The second-order valence-electron chi connectivity index (χ2n) is 9.44. The van der Waals surface area contributed by atoms with E-state index in [9.17, 15) is 0 Å². The van der Waals surface area contributed by atoms with Crippen LogP contribution in [0.15, 0.2) is 65.8 Å². The fourth-order valence-corrected chi connectivity index (χ4v) is 6.13. The molecule has 6 rings (SSSR count). The Morgan fingerprint density at radius 1 is 1.03 bits per heavy atom. The van der Waals surface area contributed by atoms with Crippen LogP contribution in [-0.2, 0) is 0 Å². The highest BCUT2D eigenvalue weighted by molar-refractivity contribution is 7.22. The average Bonchev–Trinajstić information content (AvgIpc) is 3.63. The molecule has 4 heterocycles. The first-order valence-electron chi connectivity index (χ1n) is 12.0. The molecule has 0 spiro atoms. The summed E-state index contributed by atoms with van der Waals surface area (Å²) in [6, 6.07) is 22.1. The van der Waals surface area contributed by atoms with Crippen LogP contribution in [0.3, 0.4) is 0 Å². The molecule has 2 aromatic carbocycles. The number of nitrogens with zero attached hydrogens (tertiary/aromatic N) is 6. The summed E-state index contributed by atoms with van der Waals surface area (Å²) in [6.07, 6.45) is 3.98. The third-order valence-electron chi connectivity index (χ3n) is 6.99. The molecular weight excluding hydrogens is 454 g/mol. The van der Waals surface area contributed by atoms with Crippen molar-refractivity contribution in [3.8, 4) is 10.4 Å². The molecule has 8 heteroatoms. The standard InChI is InChI=1S/C27H29N7S/c1-32(2)21-12-14-33(17-21)20-10-6-9-19(15-20)24-16-22-25(35-24)26(31-27(28)30-22)34-23(11-13-29-34)18-7-4-3-5-8-18/h3-10,13,15-16,21,23H,11-12,14,17H2,1-2H3,(H2,28,30,31). The minimum absolute atomic E-state index is 0.0994. The van der Waals surface area contributed by atoms with Gasteiger partial charge in [-0.25, -0.2) is 9.99 Å². The van der Waals surface area contributed by atoms with Crippen LogP contribution in [-0.4, -0.2) is 54.3 Å². The highest BCUT2D eigenvalue weighted by atomic mass is 32.1. The second-order valence-corrected chi connectivity index (χ2v) is 10.5. The Labute approximate surface area is 209 Å². The third-order valence-corrected chi connectivity index (χ3v) is 8.16. The van der Waals surface area contributed by atoms with Crippen molar-refractivity contribution in [3.63, 3.8) is 0 Å². The van der Waals surface area contributed by atoms with E-state index in [4.69, 9.17) is 5.73 Å². The van der Waals surface area contributed by atoms with Crippen LogP contribution in [0.2, 0.25) is 0 Å². The molecule has 4 aromatic rings. The van der Waals surface area contributed by atoms with Gasteiger partial charge in [0, 0.05) is 42.3 Å². The molecule has 1 saturated heterocycles. The predicted molar refractivity (Wildman–Crippen MR) is 146 cm³/mol. The Kier molecular flexibility index (Phi) is 5.62. The fourth-order valence-electron chi connectivity index (χ4n) is 5.05. The van der Waals surface area contributed by atoms with E-state index in [-0.39, 0.29) is 12.0 Å². The number of hydrogen-bond acceptors (Lipinski definition) is 8. The molecule has 0 amide bonds. The summed E-state index contributed by atoms with van der Waals surface area (Å²) >= 11 is 1.70. The smallest absolute Gasteiger partial charge is 0.222 e. The zero-order chi connectivity index (χ0) is 23.9. The van der Waals surface area contributed by atoms with Gasteiger partial charge in [-0.15, -0.1) is 11.3 Å². The average molecular weight is 484 g/mol. The first kappa shape index (κ1) is 22.0. The summed E-state index contributed by atoms with van der Waals surface area (Å²) in [7, 11) is 4.33. The first-order valence-corrected chi connectivity index (χ1v) is 12.8. The normalized spacial score (nSPS) is 20.0. The van der Waals surface area contributed by atoms with E-state index in [1.807, 2.05) is 17.3 Å². The van der Waals surface area contributed by atoms with Crippen LogP contribution in [0.25, 0.3) is 20.7 Å². The highest BCUT2D eigenvalue weighted by Crippen LogP contribution is 2.42. The van der Waals surface area contributed by atoms with Gasteiger partial charge in [0.15, 0.2) is 5.82 Å². The minimum Gasteiger partial charge on any atom is -0.370 e. The van der Waals surface area contributed by atoms with Gasteiger partial charge in [0.1, 0.15) is 0 Å². The van der Waals surface area contributed by atoms with E-state index in [0.29, 0.717) is 6.04 Å². The molecule has 178 valence electrons. The SMILES string of the molecule is CN(C)C1CCN(c2cccc(-c3cc4nc(N)nc(N5N=CCC5c5ccccc5)c4s3)c2)C1. The number of fused-ring (bicyclic) bond motifs is 1. The van der Waals surface area contributed by atoms with E-state index in [1.165, 1.54) is 23.2 Å². The van der Waals surface area contributed by atoms with Crippen LogP contribution in [0, 0.1) is 0 Å². The lowest BCUT2D eigenvalue weighted by Crippen LogP contribution is -2.31. The van der Waals surface area contributed by atoms with Gasteiger partial charge in [0.2, 0.25) is 5.95 Å². The van der Waals surface area contributed by atoms with Gasteiger partial charge in [-0.2, -0.15) is 10.1 Å². The number of benzene rings is 2. The van der Waals surface area contributed by atoms with Crippen molar-refractivity contribution in [2.24, 2.45) is 5.10 Å². The molecule has 0 bridgehead atoms. The van der Waals surface area contributed by atoms with Gasteiger partial charge < -0.3 is 15.5 Å². The Morgan fingerprint density at radius 3 is 2.69 bits per heavy atom. The third kappa shape index (κ3) is 4.13. The Hall–Kier alpha value is -3.49. The van der Waals surface area contributed by atoms with E-state index >= 15 is 0 Å². The Morgan fingerprint density at radius 2 is 1.89 bits per heavy atom. The summed E-state index contributed by atoms with van der Waals surface area (Å²) in [4.78, 5) is 15.2. The number of rotatable bonds is 5. The minimum atomic E-state index is 0.0994. The molecule has 2 N–H and O–H groups in total. The molecule has 0 radical (unpaired) electrons. The molecule has 0 saturated carbocycles. The molecule has 1 fully saturated rings. The second kappa shape index (κ2) is 8.94. The maximum Gasteiger partial charge on any atom is 0.222 e. The highest BCUT2D eigenvalue weighted by Gasteiger charge is 2.28. The molecule has 2 atom stereocenters. The maximum absolute atomic E-state index is 6.16. The number of nitrogen functional groups attached to an aromatic ring is 1. The maximum atomic E-state index is 6.16. The number of hydrogen-bond donors (Lipinski definition) is 1. The number of hydrazone groups is 1. The van der Waals surface area contributed by atoms with Gasteiger partial charge in [-0.1, -0.05) is 42.5 Å². The van der Waals surface area contributed by atoms with E-state index in [2.05, 4.69) is 93.6 Å². The Balaban J connectivity index is 1.36. The molecule has 2 aliphatic heterocycles. The predicted octanol–water partition coefficient (Wildman–Crippen LogP) is 5.02. The number of aromatic nitrogens is 2. The van der Waals surface area contributed by atoms with Crippen molar-refractivity contribution in [2.75, 3.05) is 42.8 Å². The lowest BCUT2D eigenvalue weighted by Gasteiger charge is -2.23. The van der Waals surface area contributed by atoms with E-state index < -0.39 is 0 Å².